The number of carbonyl (C=O) groups is 1. The quantitative estimate of drug-likeness (QED) is 0.441. The lowest BCUT2D eigenvalue weighted by Gasteiger charge is -2.13. The van der Waals surface area contributed by atoms with E-state index in [4.69, 9.17) is 14.2 Å². The number of carbonyl (C=O) groups excluding carboxylic acids is 1. The van der Waals surface area contributed by atoms with Crippen molar-refractivity contribution in [3.63, 3.8) is 0 Å². The van der Waals surface area contributed by atoms with Crippen LogP contribution in [0, 0.1) is 17.0 Å². The molecule has 0 N–H and O–H groups in total. The summed E-state index contributed by atoms with van der Waals surface area (Å²) in [6.07, 6.45) is -0.392. The molecule has 25 heavy (non-hydrogen) atoms. The molecule has 2 aromatic carbocycles. The molecule has 2 aromatic rings. The first-order chi connectivity index (χ1) is 11.8. The maximum Gasteiger partial charge on any atom is 0.345 e. The molecule has 0 fully saturated rings. The first-order valence-corrected chi connectivity index (χ1v) is 7.63. The van der Waals surface area contributed by atoms with E-state index in [-0.39, 0.29) is 11.3 Å². The lowest BCUT2D eigenvalue weighted by Crippen LogP contribution is -2.13. The van der Waals surface area contributed by atoms with Gasteiger partial charge in [-0.2, -0.15) is 0 Å². The number of aryl methyl sites for hydroxylation is 1. The van der Waals surface area contributed by atoms with E-state index in [0.717, 1.165) is 0 Å². The van der Waals surface area contributed by atoms with E-state index in [1.165, 1.54) is 19.2 Å². The molecule has 2 rings (SSSR count). The molecule has 0 unspecified atom stereocenters. The predicted octanol–water partition coefficient (Wildman–Crippen LogP) is 4.27. The second-order valence-corrected chi connectivity index (χ2v) is 5.63. The van der Waals surface area contributed by atoms with E-state index in [9.17, 15) is 14.9 Å². The molecule has 132 valence electrons. The normalized spacial score (nSPS) is 10.4. The van der Waals surface area contributed by atoms with Crippen LogP contribution in [0.4, 0.5) is 5.69 Å². The summed E-state index contributed by atoms with van der Waals surface area (Å²) >= 11 is 0. The Kier molecular flexibility index (Phi) is 5.59. The minimum atomic E-state index is -0.766. The number of hydrogen-bond acceptors (Lipinski definition) is 6. The lowest BCUT2D eigenvalue weighted by atomic mass is 10.1. The van der Waals surface area contributed by atoms with Crippen LogP contribution in [0.25, 0.3) is 0 Å². The number of rotatable bonds is 6. The van der Waals surface area contributed by atoms with Crippen LogP contribution in [0.15, 0.2) is 36.4 Å². The van der Waals surface area contributed by atoms with Crippen LogP contribution >= 0.6 is 0 Å². The van der Waals surface area contributed by atoms with Crippen molar-refractivity contribution in [2.24, 2.45) is 0 Å². The van der Waals surface area contributed by atoms with Crippen molar-refractivity contribution in [3.8, 4) is 17.2 Å². The molecule has 7 nitrogen and oxygen atoms in total. The van der Waals surface area contributed by atoms with Crippen LogP contribution in [-0.2, 0) is 4.74 Å². The van der Waals surface area contributed by atoms with Crippen LogP contribution < -0.4 is 9.47 Å². The van der Waals surface area contributed by atoms with Crippen LogP contribution in [-0.4, -0.2) is 24.1 Å². The standard InChI is InChI=1S/C18H19NO6/c1-11(2)24-18(20)15-10-17(12(3)8-16(15)19(21)22)25-14-7-5-6-13(9-14)23-4/h5-11H,1-4H3. The van der Waals surface area contributed by atoms with Crippen molar-refractivity contribution in [1.82, 2.24) is 0 Å². The third kappa shape index (κ3) is 4.47. The fraction of sp³-hybridized carbons (Fsp3) is 0.278. The third-order valence-corrected chi connectivity index (χ3v) is 3.32. The van der Waals surface area contributed by atoms with Crippen molar-refractivity contribution < 1.29 is 23.9 Å². The van der Waals surface area contributed by atoms with Gasteiger partial charge >= 0.3 is 5.97 Å². The molecule has 0 amide bonds. The van der Waals surface area contributed by atoms with Gasteiger partial charge in [-0.3, -0.25) is 10.1 Å². The number of hydrogen-bond donors (Lipinski definition) is 0. The van der Waals surface area contributed by atoms with Crippen LogP contribution in [0.3, 0.4) is 0 Å². The largest absolute Gasteiger partial charge is 0.497 e. The highest BCUT2D eigenvalue weighted by atomic mass is 16.6. The average Bonchev–Trinajstić information content (AvgIpc) is 2.55. The Balaban J connectivity index is 2.44. The Morgan fingerprint density at radius 2 is 1.84 bits per heavy atom. The van der Waals surface area contributed by atoms with Gasteiger partial charge in [0.2, 0.25) is 0 Å². The fourth-order valence-corrected chi connectivity index (χ4v) is 2.17. The zero-order valence-electron chi connectivity index (χ0n) is 14.4. The second-order valence-electron chi connectivity index (χ2n) is 5.63. The summed E-state index contributed by atoms with van der Waals surface area (Å²) in [4.78, 5) is 22.8. The molecule has 0 heterocycles. The van der Waals surface area contributed by atoms with Gasteiger partial charge in [-0.25, -0.2) is 4.79 Å². The van der Waals surface area contributed by atoms with Gasteiger partial charge in [0.05, 0.1) is 18.1 Å². The summed E-state index contributed by atoms with van der Waals surface area (Å²) in [6, 6.07) is 9.54. The monoisotopic (exact) mass is 345 g/mol. The Morgan fingerprint density at radius 3 is 2.44 bits per heavy atom. The number of benzene rings is 2. The topological polar surface area (TPSA) is 87.9 Å². The molecule has 0 saturated carbocycles. The van der Waals surface area contributed by atoms with Crippen molar-refractivity contribution >= 4 is 11.7 Å². The summed E-state index contributed by atoms with van der Waals surface area (Å²) in [5, 5.41) is 11.3. The summed E-state index contributed by atoms with van der Waals surface area (Å²) < 4.78 is 16.0. The summed E-state index contributed by atoms with van der Waals surface area (Å²) in [7, 11) is 1.54. The molecular weight excluding hydrogens is 326 g/mol. The summed E-state index contributed by atoms with van der Waals surface area (Å²) in [5.74, 6) is 0.655. The maximum absolute atomic E-state index is 12.2. The van der Waals surface area contributed by atoms with E-state index in [0.29, 0.717) is 22.8 Å². The SMILES string of the molecule is COc1cccc(Oc2cc(C(=O)OC(C)C)c([N+](=O)[O-])cc2C)c1. The Morgan fingerprint density at radius 1 is 1.16 bits per heavy atom. The molecule has 0 aliphatic heterocycles. The molecule has 0 aromatic heterocycles. The highest BCUT2D eigenvalue weighted by Gasteiger charge is 2.25. The van der Waals surface area contributed by atoms with Crippen LogP contribution in [0.5, 0.6) is 17.2 Å². The number of methoxy groups -OCH3 is 1. The molecule has 0 aliphatic carbocycles. The first kappa shape index (κ1) is 18.3. The third-order valence-electron chi connectivity index (χ3n) is 3.32. The van der Waals surface area contributed by atoms with Crippen molar-refractivity contribution in [1.29, 1.82) is 0 Å². The van der Waals surface area contributed by atoms with Gasteiger partial charge in [-0.05, 0) is 38.5 Å². The number of nitro benzene ring substituents is 1. The van der Waals surface area contributed by atoms with Gasteiger partial charge in [0.15, 0.2) is 0 Å². The zero-order valence-corrected chi connectivity index (χ0v) is 14.4. The van der Waals surface area contributed by atoms with E-state index < -0.39 is 17.0 Å². The minimum Gasteiger partial charge on any atom is -0.497 e. The second kappa shape index (κ2) is 7.65. The number of esters is 1. The van der Waals surface area contributed by atoms with Crippen LogP contribution in [0.1, 0.15) is 29.8 Å². The van der Waals surface area contributed by atoms with Gasteiger partial charge in [0.25, 0.3) is 5.69 Å². The van der Waals surface area contributed by atoms with Gasteiger partial charge in [0, 0.05) is 18.2 Å². The number of ether oxygens (including phenoxy) is 3. The van der Waals surface area contributed by atoms with Crippen molar-refractivity contribution in [2.75, 3.05) is 7.11 Å². The Bertz CT molecular complexity index is 800. The van der Waals surface area contributed by atoms with Crippen molar-refractivity contribution in [3.05, 3.63) is 57.6 Å². The van der Waals surface area contributed by atoms with E-state index in [1.807, 2.05) is 0 Å². The molecule has 0 saturated heterocycles. The predicted molar refractivity (Wildman–Crippen MR) is 91.5 cm³/mol. The molecule has 7 heteroatoms. The summed E-state index contributed by atoms with van der Waals surface area (Å²) in [6.45, 7) is 5.01. The first-order valence-electron chi connectivity index (χ1n) is 7.63. The van der Waals surface area contributed by atoms with E-state index in [2.05, 4.69) is 0 Å². The Hall–Kier alpha value is -3.09. The zero-order chi connectivity index (χ0) is 18.6. The maximum atomic E-state index is 12.2. The highest BCUT2D eigenvalue weighted by Crippen LogP contribution is 2.33. The Labute approximate surface area is 145 Å². The molecule has 0 aliphatic rings. The van der Waals surface area contributed by atoms with Gasteiger partial charge in [0.1, 0.15) is 22.8 Å². The molecule has 0 spiro atoms. The van der Waals surface area contributed by atoms with Gasteiger partial charge in [-0.1, -0.05) is 6.07 Å². The minimum absolute atomic E-state index is 0.151. The number of nitro groups is 1. The molecule has 0 bridgehead atoms. The molecule has 0 radical (unpaired) electrons. The van der Waals surface area contributed by atoms with Crippen LogP contribution in [0.2, 0.25) is 0 Å². The van der Waals surface area contributed by atoms with E-state index >= 15 is 0 Å². The summed E-state index contributed by atoms with van der Waals surface area (Å²) in [5.41, 5.74) is 0.0546. The van der Waals surface area contributed by atoms with Gasteiger partial charge in [-0.15, -0.1) is 0 Å². The highest BCUT2D eigenvalue weighted by molar-refractivity contribution is 5.94. The van der Waals surface area contributed by atoms with Crippen molar-refractivity contribution in [2.45, 2.75) is 26.9 Å². The van der Waals surface area contributed by atoms with E-state index in [1.54, 1.807) is 45.0 Å². The smallest absolute Gasteiger partial charge is 0.345 e. The molecule has 0 atom stereocenters. The lowest BCUT2D eigenvalue weighted by molar-refractivity contribution is -0.385. The number of nitrogens with zero attached hydrogens (tertiary/aromatic N) is 1. The van der Waals surface area contributed by atoms with Gasteiger partial charge < -0.3 is 14.2 Å². The average molecular weight is 345 g/mol. The molecular formula is C18H19NO6. The fourth-order valence-electron chi connectivity index (χ4n) is 2.17.